The zero-order valence-corrected chi connectivity index (χ0v) is 7.39. The Hall–Kier alpha value is -1.10. The van der Waals surface area contributed by atoms with Crippen molar-refractivity contribution in [2.24, 2.45) is 17.8 Å². The fourth-order valence-electron chi connectivity index (χ4n) is 1.80. The molecule has 1 fully saturated rings. The zero-order chi connectivity index (χ0) is 10.4. The summed E-state index contributed by atoms with van der Waals surface area (Å²) in [6.45, 7) is 2.85. The van der Waals surface area contributed by atoms with Gasteiger partial charge in [-0.25, -0.2) is 0 Å². The third-order valence-electron chi connectivity index (χ3n) is 2.41. The van der Waals surface area contributed by atoms with E-state index in [9.17, 15) is 14.7 Å². The molecule has 5 heteroatoms. The topological polar surface area (TPSA) is 94.8 Å². The van der Waals surface area contributed by atoms with E-state index in [1.54, 1.807) is 0 Å². The number of carboxylic acids is 2. The lowest BCUT2D eigenvalue weighted by Gasteiger charge is -2.16. The largest absolute Gasteiger partial charge is 0.481 e. The summed E-state index contributed by atoms with van der Waals surface area (Å²) in [7, 11) is 0. The van der Waals surface area contributed by atoms with Gasteiger partial charge in [0, 0.05) is 5.92 Å². The SMILES string of the molecule is CC(C)(O)C1C(C(=O)O)C1C(=O)O. The molecular weight excluding hydrogens is 176 g/mol. The summed E-state index contributed by atoms with van der Waals surface area (Å²) in [4.78, 5) is 21.1. The number of aliphatic carboxylic acids is 2. The van der Waals surface area contributed by atoms with Gasteiger partial charge in [0.15, 0.2) is 0 Å². The average Bonchev–Trinajstić information content (AvgIpc) is 2.56. The Morgan fingerprint density at radius 2 is 1.38 bits per heavy atom. The summed E-state index contributed by atoms with van der Waals surface area (Å²) in [5.41, 5.74) is -1.24. The van der Waals surface area contributed by atoms with Crippen molar-refractivity contribution in [2.75, 3.05) is 0 Å². The third-order valence-corrected chi connectivity index (χ3v) is 2.41. The minimum atomic E-state index is -1.24. The van der Waals surface area contributed by atoms with Crippen molar-refractivity contribution in [3.05, 3.63) is 0 Å². The van der Waals surface area contributed by atoms with Crippen LogP contribution >= 0.6 is 0 Å². The lowest BCUT2D eigenvalue weighted by molar-refractivity contribution is -0.144. The van der Waals surface area contributed by atoms with Crippen molar-refractivity contribution < 1.29 is 24.9 Å². The van der Waals surface area contributed by atoms with E-state index < -0.39 is 35.3 Å². The second-order valence-electron chi connectivity index (χ2n) is 3.91. The molecular formula is C8H12O5. The van der Waals surface area contributed by atoms with E-state index in [4.69, 9.17) is 10.2 Å². The van der Waals surface area contributed by atoms with Gasteiger partial charge in [-0.3, -0.25) is 9.59 Å². The van der Waals surface area contributed by atoms with Crippen LogP contribution < -0.4 is 0 Å². The highest BCUT2D eigenvalue weighted by Crippen LogP contribution is 2.52. The molecule has 1 rings (SSSR count). The van der Waals surface area contributed by atoms with Gasteiger partial charge in [0.05, 0.1) is 17.4 Å². The molecule has 1 saturated carbocycles. The minimum Gasteiger partial charge on any atom is -0.481 e. The van der Waals surface area contributed by atoms with Crippen LogP contribution in [0, 0.1) is 17.8 Å². The Kier molecular flexibility index (Phi) is 2.07. The summed E-state index contributed by atoms with van der Waals surface area (Å²) in [6, 6.07) is 0. The van der Waals surface area contributed by atoms with E-state index >= 15 is 0 Å². The van der Waals surface area contributed by atoms with E-state index in [1.165, 1.54) is 13.8 Å². The molecule has 1 aliphatic rings. The molecule has 0 aromatic rings. The van der Waals surface area contributed by atoms with Gasteiger partial charge in [0.25, 0.3) is 0 Å². The molecule has 2 atom stereocenters. The highest BCUT2D eigenvalue weighted by Gasteiger charge is 2.65. The number of aliphatic hydroxyl groups is 1. The van der Waals surface area contributed by atoms with E-state index in [0.29, 0.717) is 0 Å². The van der Waals surface area contributed by atoms with Gasteiger partial charge in [-0.1, -0.05) is 0 Å². The molecule has 0 amide bonds. The first-order valence-electron chi connectivity index (χ1n) is 3.95. The van der Waals surface area contributed by atoms with E-state index in [2.05, 4.69) is 0 Å². The average molecular weight is 188 g/mol. The molecule has 5 nitrogen and oxygen atoms in total. The quantitative estimate of drug-likeness (QED) is 0.569. The van der Waals surface area contributed by atoms with Crippen molar-refractivity contribution in [3.8, 4) is 0 Å². The fourth-order valence-corrected chi connectivity index (χ4v) is 1.80. The second kappa shape index (κ2) is 2.70. The highest BCUT2D eigenvalue weighted by molar-refractivity contribution is 5.86. The van der Waals surface area contributed by atoms with Crippen molar-refractivity contribution in [1.29, 1.82) is 0 Å². The molecule has 1 aliphatic carbocycles. The predicted molar refractivity (Wildman–Crippen MR) is 42.0 cm³/mol. The fraction of sp³-hybridized carbons (Fsp3) is 0.750. The number of carboxylic acid groups (broad SMARTS) is 2. The minimum absolute atomic E-state index is 0.678. The summed E-state index contributed by atoms with van der Waals surface area (Å²) >= 11 is 0. The summed E-state index contributed by atoms with van der Waals surface area (Å²) in [5.74, 6) is -4.88. The first-order valence-corrected chi connectivity index (χ1v) is 3.95. The van der Waals surface area contributed by atoms with Gasteiger partial charge in [-0.2, -0.15) is 0 Å². The number of rotatable bonds is 3. The lowest BCUT2D eigenvalue weighted by atomic mass is 10.0. The molecule has 2 unspecified atom stereocenters. The Balaban J connectivity index is 2.79. The lowest BCUT2D eigenvalue weighted by Crippen LogP contribution is -2.25. The van der Waals surface area contributed by atoms with Crippen LogP contribution in [0.4, 0.5) is 0 Å². The van der Waals surface area contributed by atoms with Crippen LogP contribution in [0.1, 0.15) is 13.8 Å². The standard InChI is InChI=1S/C8H12O5/c1-8(2,13)5-3(6(9)10)4(5)7(11)12/h3-5,13H,1-2H3,(H,9,10)(H,11,12). The Bertz CT molecular complexity index is 232. The first kappa shape index (κ1) is 9.98. The van der Waals surface area contributed by atoms with Crippen LogP contribution in [0.15, 0.2) is 0 Å². The zero-order valence-electron chi connectivity index (χ0n) is 7.39. The van der Waals surface area contributed by atoms with Crippen LogP contribution in [-0.2, 0) is 9.59 Å². The van der Waals surface area contributed by atoms with Gasteiger partial charge in [0.2, 0.25) is 0 Å². The summed E-state index contributed by atoms with van der Waals surface area (Å²) in [6.07, 6.45) is 0. The molecule has 0 aromatic heterocycles. The Labute approximate surface area is 75.0 Å². The van der Waals surface area contributed by atoms with Crippen molar-refractivity contribution in [2.45, 2.75) is 19.4 Å². The van der Waals surface area contributed by atoms with Gasteiger partial charge >= 0.3 is 11.9 Å². The Morgan fingerprint density at radius 3 is 1.46 bits per heavy atom. The molecule has 74 valence electrons. The van der Waals surface area contributed by atoms with Crippen molar-refractivity contribution in [3.63, 3.8) is 0 Å². The molecule has 0 aromatic carbocycles. The predicted octanol–water partition coefficient (Wildman–Crippen LogP) is -0.211. The van der Waals surface area contributed by atoms with Crippen LogP contribution in [0.5, 0.6) is 0 Å². The molecule has 0 spiro atoms. The van der Waals surface area contributed by atoms with Crippen molar-refractivity contribution in [1.82, 2.24) is 0 Å². The van der Waals surface area contributed by atoms with Gasteiger partial charge in [0.1, 0.15) is 0 Å². The van der Waals surface area contributed by atoms with Crippen LogP contribution in [0.2, 0.25) is 0 Å². The Morgan fingerprint density at radius 1 is 1.08 bits per heavy atom. The monoisotopic (exact) mass is 188 g/mol. The molecule has 0 radical (unpaired) electrons. The highest BCUT2D eigenvalue weighted by atomic mass is 16.4. The molecule has 0 heterocycles. The molecule has 0 saturated heterocycles. The maximum atomic E-state index is 10.6. The first-order chi connectivity index (χ1) is 5.76. The maximum Gasteiger partial charge on any atom is 0.307 e. The van der Waals surface area contributed by atoms with Crippen LogP contribution in [-0.4, -0.2) is 32.9 Å². The number of carbonyl (C=O) groups is 2. The molecule has 3 N–H and O–H groups in total. The van der Waals surface area contributed by atoms with Gasteiger partial charge in [-0.05, 0) is 13.8 Å². The molecule has 13 heavy (non-hydrogen) atoms. The van der Waals surface area contributed by atoms with E-state index in [0.717, 1.165) is 0 Å². The third kappa shape index (κ3) is 1.65. The smallest absolute Gasteiger partial charge is 0.307 e. The number of hydrogen-bond donors (Lipinski definition) is 3. The second-order valence-corrected chi connectivity index (χ2v) is 3.91. The van der Waals surface area contributed by atoms with Crippen LogP contribution in [0.3, 0.4) is 0 Å². The summed E-state index contributed by atoms with van der Waals surface area (Å²) < 4.78 is 0. The van der Waals surface area contributed by atoms with Gasteiger partial charge in [-0.15, -0.1) is 0 Å². The van der Waals surface area contributed by atoms with E-state index in [-0.39, 0.29) is 0 Å². The van der Waals surface area contributed by atoms with Gasteiger partial charge < -0.3 is 15.3 Å². The van der Waals surface area contributed by atoms with E-state index in [1.807, 2.05) is 0 Å². The number of hydrogen-bond acceptors (Lipinski definition) is 3. The summed E-state index contributed by atoms with van der Waals surface area (Å²) in [5, 5.41) is 26.7. The van der Waals surface area contributed by atoms with Crippen molar-refractivity contribution >= 4 is 11.9 Å². The molecule has 0 aliphatic heterocycles. The molecule has 0 bridgehead atoms. The normalized spacial score (nSPS) is 32.7. The van der Waals surface area contributed by atoms with Crippen LogP contribution in [0.25, 0.3) is 0 Å². The maximum absolute atomic E-state index is 10.6.